The molecule has 19 heavy (non-hydrogen) atoms. The Bertz CT molecular complexity index is 413. The highest BCUT2D eigenvalue weighted by molar-refractivity contribution is 5.94. The van der Waals surface area contributed by atoms with Gasteiger partial charge in [-0.25, -0.2) is 0 Å². The lowest BCUT2D eigenvalue weighted by atomic mass is 10.1. The van der Waals surface area contributed by atoms with Gasteiger partial charge in [0, 0.05) is 24.3 Å². The van der Waals surface area contributed by atoms with E-state index in [1.165, 1.54) is 0 Å². The number of amides is 1. The van der Waals surface area contributed by atoms with Crippen molar-refractivity contribution in [2.24, 2.45) is 5.92 Å². The Morgan fingerprint density at radius 3 is 2.63 bits per heavy atom. The highest BCUT2D eigenvalue weighted by atomic mass is 16.1. The number of hydrogen-bond donors (Lipinski definition) is 2. The van der Waals surface area contributed by atoms with E-state index in [4.69, 9.17) is 0 Å². The monoisotopic (exact) mass is 262 g/mol. The Kier molecular flexibility index (Phi) is 6.40. The Balaban J connectivity index is 2.50. The Hall–Kier alpha value is -1.51. The van der Waals surface area contributed by atoms with E-state index in [1.807, 2.05) is 25.1 Å². The first-order chi connectivity index (χ1) is 9.04. The number of benzene rings is 1. The molecule has 0 aliphatic carbocycles. The van der Waals surface area contributed by atoms with Crippen LogP contribution in [-0.4, -0.2) is 19.0 Å². The molecule has 3 heteroatoms. The standard InChI is InChI=1S/C16H26N2O/c1-5-17-15-9-8-14(11-13(15)4)16(19)18-10-6-7-12(2)3/h8-9,11-12,17H,5-7,10H2,1-4H3,(H,18,19). The molecule has 1 aromatic carbocycles. The molecule has 106 valence electrons. The average Bonchev–Trinajstić information content (AvgIpc) is 2.36. The molecule has 0 aromatic heterocycles. The molecule has 0 saturated carbocycles. The van der Waals surface area contributed by atoms with Crippen molar-refractivity contribution in [3.63, 3.8) is 0 Å². The number of anilines is 1. The Morgan fingerprint density at radius 2 is 2.05 bits per heavy atom. The second kappa shape index (κ2) is 7.82. The molecule has 2 N–H and O–H groups in total. The Labute approximate surface area is 116 Å². The van der Waals surface area contributed by atoms with Crippen molar-refractivity contribution in [3.05, 3.63) is 29.3 Å². The molecule has 0 heterocycles. The van der Waals surface area contributed by atoms with E-state index in [-0.39, 0.29) is 5.91 Å². The molecular weight excluding hydrogens is 236 g/mol. The van der Waals surface area contributed by atoms with Crippen LogP contribution < -0.4 is 10.6 Å². The van der Waals surface area contributed by atoms with Crippen molar-refractivity contribution in [2.45, 2.75) is 40.5 Å². The van der Waals surface area contributed by atoms with Crippen LogP contribution in [0.4, 0.5) is 5.69 Å². The lowest BCUT2D eigenvalue weighted by Gasteiger charge is -2.10. The van der Waals surface area contributed by atoms with Crippen LogP contribution in [0.15, 0.2) is 18.2 Å². The molecular formula is C16H26N2O. The third kappa shape index (κ3) is 5.33. The second-order valence-corrected chi connectivity index (χ2v) is 5.35. The third-order valence-electron chi connectivity index (χ3n) is 3.10. The van der Waals surface area contributed by atoms with Crippen LogP contribution in [-0.2, 0) is 0 Å². The van der Waals surface area contributed by atoms with Gasteiger partial charge in [-0.2, -0.15) is 0 Å². The van der Waals surface area contributed by atoms with Gasteiger partial charge in [0.05, 0.1) is 0 Å². The third-order valence-corrected chi connectivity index (χ3v) is 3.10. The van der Waals surface area contributed by atoms with Crippen molar-refractivity contribution in [1.29, 1.82) is 0 Å². The predicted molar refractivity (Wildman–Crippen MR) is 81.7 cm³/mol. The first kappa shape index (κ1) is 15.5. The normalized spacial score (nSPS) is 10.6. The lowest BCUT2D eigenvalue weighted by molar-refractivity contribution is 0.0952. The zero-order valence-corrected chi connectivity index (χ0v) is 12.5. The van der Waals surface area contributed by atoms with Crippen LogP contribution in [0.3, 0.4) is 0 Å². The van der Waals surface area contributed by atoms with Crippen molar-refractivity contribution in [3.8, 4) is 0 Å². The number of aryl methyl sites for hydroxylation is 1. The zero-order valence-electron chi connectivity index (χ0n) is 12.5. The maximum Gasteiger partial charge on any atom is 0.251 e. The summed E-state index contributed by atoms with van der Waals surface area (Å²) in [5.74, 6) is 0.716. The molecule has 1 aromatic rings. The van der Waals surface area contributed by atoms with Crippen LogP contribution in [0, 0.1) is 12.8 Å². The van der Waals surface area contributed by atoms with E-state index < -0.39 is 0 Å². The van der Waals surface area contributed by atoms with E-state index >= 15 is 0 Å². The molecule has 0 bridgehead atoms. The molecule has 0 spiro atoms. The summed E-state index contributed by atoms with van der Waals surface area (Å²) in [4.78, 5) is 12.0. The highest BCUT2D eigenvalue weighted by Gasteiger charge is 2.07. The summed E-state index contributed by atoms with van der Waals surface area (Å²) in [7, 11) is 0. The maximum absolute atomic E-state index is 12.0. The fourth-order valence-electron chi connectivity index (χ4n) is 2.01. The molecule has 1 rings (SSSR count). The largest absolute Gasteiger partial charge is 0.385 e. The fourth-order valence-corrected chi connectivity index (χ4v) is 2.01. The first-order valence-corrected chi connectivity index (χ1v) is 7.17. The topological polar surface area (TPSA) is 41.1 Å². The number of carbonyl (C=O) groups excluding carboxylic acids is 1. The molecule has 0 aliphatic rings. The van der Waals surface area contributed by atoms with E-state index in [9.17, 15) is 4.79 Å². The summed E-state index contributed by atoms with van der Waals surface area (Å²) in [6.07, 6.45) is 2.19. The van der Waals surface area contributed by atoms with Gasteiger partial charge in [-0.15, -0.1) is 0 Å². The fraction of sp³-hybridized carbons (Fsp3) is 0.562. The molecule has 0 saturated heterocycles. The molecule has 0 unspecified atom stereocenters. The molecule has 0 fully saturated rings. The van der Waals surface area contributed by atoms with Gasteiger partial charge in [-0.1, -0.05) is 13.8 Å². The van der Waals surface area contributed by atoms with Crippen molar-refractivity contribution in [1.82, 2.24) is 5.32 Å². The van der Waals surface area contributed by atoms with E-state index in [0.29, 0.717) is 5.92 Å². The Morgan fingerprint density at radius 1 is 1.32 bits per heavy atom. The molecule has 3 nitrogen and oxygen atoms in total. The van der Waals surface area contributed by atoms with Crippen LogP contribution in [0.2, 0.25) is 0 Å². The minimum atomic E-state index is 0.0231. The van der Waals surface area contributed by atoms with Gasteiger partial charge < -0.3 is 10.6 Å². The van der Waals surface area contributed by atoms with Gasteiger partial charge in [0.15, 0.2) is 0 Å². The number of rotatable bonds is 7. The van der Waals surface area contributed by atoms with Gasteiger partial charge in [0.25, 0.3) is 5.91 Å². The summed E-state index contributed by atoms with van der Waals surface area (Å²) in [5.41, 5.74) is 2.94. The quantitative estimate of drug-likeness (QED) is 0.737. The lowest BCUT2D eigenvalue weighted by Crippen LogP contribution is -2.24. The number of carbonyl (C=O) groups is 1. The predicted octanol–water partition coefficient (Wildman–Crippen LogP) is 3.59. The highest BCUT2D eigenvalue weighted by Crippen LogP contribution is 2.16. The summed E-state index contributed by atoms with van der Waals surface area (Å²) in [6, 6.07) is 5.79. The first-order valence-electron chi connectivity index (χ1n) is 7.17. The summed E-state index contributed by atoms with van der Waals surface area (Å²) in [5, 5.41) is 6.25. The molecule has 0 atom stereocenters. The number of hydrogen-bond acceptors (Lipinski definition) is 2. The van der Waals surface area contributed by atoms with Gasteiger partial charge in [0.2, 0.25) is 0 Å². The summed E-state index contributed by atoms with van der Waals surface area (Å²) >= 11 is 0. The van der Waals surface area contributed by atoms with Gasteiger partial charge in [-0.3, -0.25) is 4.79 Å². The SMILES string of the molecule is CCNc1ccc(C(=O)NCCCC(C)C)cc1C. The van der Waals surface area contributed by atoms with Crippen LogP contribution in [0.25, 0.3) is 0 Å². The number of nitrogens with one attached hydrogen (secondary N) is 2. The van der Waals surface area contributed by atoms with Gasteiger partial charge in [-0.05, 0) is 56.4 Å². The average molecular weight is 262 g/mol. The summed E-state index contributed by atoms with van der Waals surface area (Å²) < 4.78 is 0. The van der Waals surface area contributed by atoms with Crippen molar-refractivity contribution >= 4 is 11.6 Å². The van der Waals surface area contributed by atoms with Gasteiger partial charge in [0.1, 0.15) is 0 Å². The van der Waals surface area contributed by atoms with Crippen molar-refractivity contribution in [2.75, 3.05) is 18.4 Å². The smallest absolute Gasteiger partial charge is 0.251 e. The zero-order chi connectivity index (χ0) is 14.3. The van der Waals surface area contributed by atoms with E-state index in [1.54, 1.807) is 0 Å². The van der Waals surface area contributed by atoms with Crippen LogP contribution >= 0.6 is 0 Å². The maximum atomic E-state index is 12.0. The minimum Gasteiger partial charge on any atom is -0.385 e. The summed E-state index contributed by atoms with van der Waals surface area (Å²) in [6.45, 7) is 10.1. The molecule has 0 aliphatic heterocycles. The van der Waals surface area contributed by atoms with Crippen LogP contribution in [0.5, 0.6) is 0 Å². The van der Waals surface area contributed by atoms with E-state index in [2.05, 4.69) is 31.4 Å². The van der Waals surface area contributed by atoms with Crippen LogP contribution in [0.1, 0.15) is 49.5 Å². The molecule has 0 radical (unpaired) electrons. The van der Waals surface area contributed by atoms with Crippen molar-refractivity contribution < 1.29 is 4.79 Å². The molecule has 1 amide bonds. The van der Waals surface area contributed by atoms with E-state index in [0.717, 1.165) is 42.7 Å². The minimum absolute atomic E-state index is 0.0231. The van der Waals surface area contributed by atoms with Gasteiger partial charge >= 0.3 is 0 Å². The second-order valence-electron chi connectivity index (χ2n) is 5.35.